The Balaban J connectivity index is 2.11. The number of rotatable bonds is 2. The van der Waals surface area contributed by atoms with Gasteiger partial charge in [0.15, 0.2) is 4.80 Å². The standard InChI is InChI=1S/C15H10ClN3O3S/c1-18-12-8-11(19(21)22)5-6-13(12)23-15(18)17-14(20)9-3-2-4-10(16)7-9/h2-8H,1H3. The third kappa shape index (κ3) is 3.01. The van der Waals surface area contributed by atoms with Crippen molar-refractivity contribution in [3.8, 4) is 0 Å². The van der Waals surface area contributed by atoms with Crippen molar-refractivity contribution in [2.24, 2.45) is 12.0 Å². The predicted octanol–water partition coefficient (Wildman–Crippen LogP) is 3.54. The van der Waals surface area contributed by atoms with Crippen molar-refractivity contribution < 1.29 is 9.72 Å². The number of carbonyl (C=O) groups is 1. The summed E-state index contributed by atoms with van der Waals surface area (Å²) in [6.45, 7) is 0. The van der Waals surface area contributed by atoms with E-state index in [0.29, 0.717) is 20.9 Å². The second-order valence-electron chi connectivity index (χ2n) is 4.78. The molecule has 0 atom stereocenters. The molecule has 0 N–H and O–H groups in total. The van der Waals surface area contributed by atoms with E-state index >= 15 is 0 Å². The summed E-state index contributed by atoms with van der Waals surface area (Å²) < 4.78 is 2.48. The molecule has 116 valence electrons. The number of benzene rings is 2. The second kappa shape index (κ2) is 5.94. The summed E-state index contributed by atoms with van der Waals surface area (Å²) in [5.74, 6) is -0.413. The van der Waals surface area contributed by atoms with Crippen LogP contribution in [0.2, 0.25) is 5.02 Å². The molecular formula is C15H10ClN3O3S. The Bertz CT molecular complexity index is 1010. The summed E-state index contributed by atoms with van der Waals surface area (Å²) in [4.78, 5) is 27.2. The molecule has 23 heavy (non-hydrogen) atoms. The fraction of sp³-hybridized carbons (Fsp3) is 0.0667. The quantitative estimate of drug-likeness (QED) is 0.525. The van der Waals surface area contributed by atoms with Gasteiger partial charge in [0.25, 0.3) is 11.6 Å². The van der Waals surface area contributed by atoms with E-state index in [-0.39, 0.29) is 5.69 Å². The molecule has 2 aromatic carbocycles. The number of fused-ring (bicyclic) bond motifs is 1. The summed E-state index contributed by atoms with van der Waals surface area (Å²) in [6, 6.07) is 11.1. The first kappa shape index (κ1) is 15.4. The van der Waals surface area contributed by atoms with Gasteiger partial charge in [-0.25, -0.2) is 0 Å². The molecule has 0 saturated carbocycles. The number of aromatic nitrogens is 1. The Hall–Kier alpha value is -2.51. The van der Waals surface area contributed by atoms with E-state index < -0.39 is 10.8 Å². The van der Waals surface area contributed by atoms with Crippen LogP contribution in [0.25, 0.3) is 10.2 Å². The highest BCUT2D eigenvalue weighted by Gasteiger charge is 2.11. The lowest BCUT2D eigenvalue weighted by molar-refractivity contribution is -0.384. The van der Waals surface area contributed by atoms with E-state index in [9.17, 15) is 14.9 Å². The number of non-ortho nitro benzene ring substituents is 1. The van der Waals surface area contributed by atoms with Gasteiger partial charge in [-0.15, -0.1) is 0 Å². The molecule has 1 heterocycles. The van der Waals surface area contributed by atoms with Gasteiger partial charge in [0.1, 0.15) is 0 Å². The van der Waals surface area contributed by atoms with Gasteiger partial charge in [-0.1, -0.05) is 29.0 Å². The lowest BCUT2D eigenvalue weighted by atomic mass is 10.2. The molecule has 0 bridgehead atoms. The number of aryl methyl sites for hydroxylation is 1. The molecule has 0 unspecified atom stereocenters. The third-order valence-electron chi connectivity index (χ3n) is 3.27. The average molecular weight is 348 g/mol. The fourth-order valence-corrected chi connectivity index (χ4v) is 3.30. The van der Waals surface area contributed by atoms with Gasteiger partial charge in [0, 0.05) is 29.8 Å². The molecule has 0 fully saturated rings. The molecule has 8 heteroatoms. The Kier molecular flexibility index (Phi) is 3.97. The summed E-state index contributed by atoms with van der Waals surface area (Å²) in [6.07, 6.45) is 0. The smallest absolute Gasteiger partial charge is 0.279 e. The Morgan fingerprint density at radius 2 is 2.09 bits per heavy atom. The molecule has 0 aliphatic rings. The zero-order chi connectivity index (χ0) is 16.6. The molecule has 3 aromatic rings. The molecule has 0 spiro atoms. The van der Waals surface area contributed by atoms with Crippen LogP contribution in [0.1, 0.15) is 10.4 Å². The zero-order valence-electron chi connectivity index (χ0n) is 11.9. The van der Waals surface area contributed by atoms with E-state index in [4.69, 9.17) is 11.6 Å². The van der Waals surface area contributed by atoms with Crippen LogP contribution in [0, 0.1) is 10.1 Å². The van der Waals surface area contributed by atoms with E-state index in [1.807, 2.05) is 0 Å². The lowest BCUT2D eigenvalue weighted by Gasteiger charge is -1.97. The second-order valence-corrected chi connectivity index (χ2v) is 6.23. The highest BCUT2D eigenvalue weighted by Crippen LogP contribution is 2.22. The van der Waals surface area contributed by atoms with Crippen molar-refractivity contribution in [3.63, 3.8) is 0 Å². The number of nitro benzene ring substituents is 1. The monoisotopic (exact) mass is 347 g/mol. The molecule has 0 radical (unpaired) electrons. The number of hydrogen-bond acceptors (Lipinski definition) is 4. The van der Waals surface area contributed by atoms with E-state index in [1.54, 1.807) is 41.9 Å². The zero-order valence-corrected chi connectivity index (χ0v) is 13.5. The van der Waals surface area contributed by atoms with Gasteiger partial charge in [-0.2, -0.15) is 4.99 Å². The predicted molar refractivity (Wildman–Crippen MR) is 88.8 cm³/mol. The van der Waals surface area contributed by atoms with Gasteiger partial charge >= 0.3 is 0 Å². The minimum atomic E-state index is -0.453. The first-order valence-corrected chi connectivity index (χ1v) is 7.74. The lowest BCUT2D eigenvalue weighted by Crippen LogP contribution is -2.13. The Morgan fingerprint density at radius 1 is 1.30 bits per heavy atom. The van der Waals surface area contributed by atoms with Crippen molar-refractivity contribution in [1.29, 1.82) is 0 Å². The number of halogens is 1. The van der Waals surface area contributed by atoms with Crippen LogP contribution in [0.4, 0.5) is 5.69 Å². The third-order valence-corrected chi connectivity index (χ3v) is 4.62. The highest BCUT2D eigenvalue weighted by atomic mass is 35.5. The van der Waals surface area contributed by atoms with Gasteiger partial charge in [0.2, 0.25) is 0 Å². The summed E-state index contributed by atoms with van der Waals surface area (Å²) >= 11 is 7.17. The molecule has 6 nitrogen and oxygen atoms in total. The fourth-order valence-electron chi connectivity index (χ4n) is 2.11. The van der Waals surface area contributed by atoms with Crippen molar-refractivity contribution in [1.82, 2.24) is 4.57 Å². The van der Waals surface area contributed by atoms with Crippen LogP contribution in [-0.4, -0.2) is 15.4 Å². The van der Waals surface area contributed by atoms with E-state index in [1.165, 1.54) is 23.5 Å². The van der Waals surface area contributed by atoms with E-state index in [0.717, 1.165) is 4.70 Å². The SMILES string of the molecule is Cn1c(=NC(=O)c2cccc(Cl)c2)sc2ccc([N+](=O)[O-])cc21. The van der Waals surface area contributed by atoms with Crippen molar-refractivity contribution in [2.75, 3.05) is 0 Å². The van der Waals surface area contributed by atoms with Crippen LogP contribution >= 0.6 is 22.9 Å². The van der Waals surface area contributed by atoms with Crippen molar-refractivity contribution in [3.05, 3.63) is 68.0 Å². The van der Waals surface area contributed by atoms with Crippen LogP contribution in [0.15, 0.2) is 47.5 Å². The number of thiazole rings is 1. The maximum absolute atomic E-state index is 12.2. The average Bonchev–Trinajstić information content (AvgIpc) is 2.83. The molecule has 0 aliphatic carbocycles. The molecule has 1 amide bonds. The topological polar surface area (TPSA) is 77.5 Å². The number of nitrogens with zero attached hydrogens (tertiary/aromatic N) is 3. The summed E-state index contributed by atoms with van der Waals surface area (Å²) in [7, 11) is 1.71. The minimum Gasteiger partial charge on any atom is -0.319 e. The van der Waals surface area contributed by atoms with Crippen LogP contribution in [0.5, 0.6) is 0 Å². The van der Waals surface area contributed by atoms with Crippen LogP contribution in [0.3, 0.4) is 0 Å². The summed E-state index contributed by atoms with van der Waals surface area (Å²) in [5.41, 5.74) is 1.04. The maximum Gasteiger partial charge on any atom is 0.279 e. The van der Waals surface area contributed by atoms with Gasteiger partial charge < -0.3 is 4.57 Å². The molecule has 0 saturated heterocycles. The van der Waals surface area contributed by atoms with E-state index in [2.05, 4.69) is 4.99 Å². The maximum atomic E-state index is 12.2. The highest BCUT2D eigenvalue weighted by molar-refractivity contribution is 7.16. The number of carbonyl (C=O) groups excluding carboxylic acids is 1. The molecule has 1 aromatic heterocycles. The Morgan fingerprint density at radius 3 is 2.78 bits per heavy atom. The van der Waals surface area contributed by atoms with Gasteiger partial charge in [-0.3, -0.25) is 14.9 Å². The molecular weight excluding hydrogens is 338 g/mol. The number of nitro groups is 1. The molecule has 3 rings (SSSR count). The largest absolute Gasteiger partial charge is 0.319 e. The Labute approximate surface area is 139 Å². The summed E-state index contributed by atoms with van der Waals surface area (Å²) in [5, 5.41) is 11.3. The van der Waals surface area contributed by atoms with Crippen molar-refractivity contribution in [2.45, 2.75) is 0 Å². The van der Waals surface area contributed by atoms with Gasteiger partial charge in [-0.05, 0) is 24.3 Å². The first-order valence-electron chi connectivity index (χ1n) is 6.54. The van der Waals surface area contributed by atoms with Crippen LogP contribution < -0.4 is 4.80 Å². The first-order chi connectivity index (χ1) is 11.0. The molecule has 0 aliphatic heterocycles. The normalized spacial score (nSPS) is 11.8. The van der Waals surface area contributed by atoms with Crippen molar-refractivity contribution >= 4 is 44.7 Å². The van der Waals surface area contributed by atoms with Crippen LogP contribution in [-0.2, 0) is 7.05 Å². The number of hydrogen-bond donors (Lipinski definition) is 0. The van der Waals surface area contributed by atoms with Gasteiger partial charge in [0.05, 0.1) is 15.1 Å². The number of amides is 1. The minimum absolute atomic E-state index is 0.00128.